The second-order valence-corrected chi connectivity index (χ2v) is 8.04. The zero-order valence-corrected chi connectivity index (χ0v) is 18.8. The molecule has 168 valence electrons. The maximum atomic E-state index is 12.5. The highest BCUT2D eigenvalue weighted by Gasteiger charge is 2.11. The van der Waals surface area contributed by atoms with Crippen LogP contribution in [-0.4, -0.2) is 45.5 Å². The van der Waals surface area contributed by atoms with Gasteiger partial charge in [-0.15, -0.1) is 0 Å². The van der Waals surface area contributed by atoms with E-state index < -0.39 is 0 Å². The SMILES string of the molecule is C[C@H](CNC(=O)c1ccc2ccccc2n1)Oc1cccc(CN(C)Cc2cnccn2)c1. The van der Waals surface area contributed by atoms with Gasteiger partial charge in [-0.1, -0.05) is 36.4 Å². The summed E-state index contributed by atoms with van der Waals surface area (Å²) < 4.78 is 6.04. The molecule has 0 aliphatic heterocycles. The Hall–Kier alpha value is -3.84. The summed E-state index contributed by atoms with van der Waals surface area (Å²) in [5.41, 5.74) is 3.26. The molecule has 4 aromatic rings. The third kappa shape index (κ3) is 6.33. The van der Waals surface area contributed by atoms with Crippen LogP contribution in [0.1, 0.15) is 28.7 Å². The molecule has 1 atom stereocenters. The number of nitrogens with zero attached hydrogens (tertiary/aromatic N) is 4. The van der Waals surface area contributed by atoms with Gasteiger partial charge in [0.15, 0.2) is 0 Å². The molecule has 0 saturated heterocycles. The van der Waals surface area contributed by atoms with E-state index in [1.807, 2.05) is 62.5 Å². The summed E-state index contributed by atoms with van der Waals surface area (Å²) in [5, 5.41) is 3.92. The Labute approximate surface area is 193 Å². The normalized spacial score (nSPS) is 12.0. The highest BCUT2D eigenvalue weighted by atomic mass is 16.5. The fraction of sp³-hybridized carbons (Fsp3) is 0.231. The molecule has 0 unspecified atom stereocenters. The average Bonchev–Trinajstić information content (AvgIpc) is 2.83. The fourth-order valence-electron chi connectivity index (χ4n) is 3.57. The number of carbonyl (C=O) groups is 1. The average molecular weight is 442 g/mol. The summed E-state index contributed by atoms with van der Waals surface area (Å²) in [4.78, 5) is 27.6. The molecule has 4 rings (SSSR count). The Balaban J connectivity index is 1.29. The maximum Gasteiger partial charge on any atom is 0.270 e. The Morgan fingerprint density at radius 1 is 1.06 bits per heavy atom. The lowest BCUT2D eigenvalue weighted by atomic mass is 10.2. The van der Waals surface area contributed by atoms with E-state index in [9.17, 15) is 4.79 Å². The van der Waals surface area contributed by atoms with E-state index in [4.69, 9.17) is 4.74 Å². The third-order valence-electron chi connectivity index (χ3n) is 5.12. The van der Waals surface area contributed by atoms with Gasteiger partial charge in [0.2, 0.25) is 0 Å². The minimum atomic E-state index is -0.212. The minimum Gasteiger partial charge on any atom is -0.489 e. The van der Waals surface area contributed by atoms with E-state index in [0.29, 0.717) is 18.8 Å². The molecule has 2 aromatic heterocycles. The smallest absolute Gasteiger partial charge is 0.270 e. The summed E-state index contributed by atoms with van der Waals surface area (Å²) >= 11 is 0. The van der Waals surface area contributed by atoms with Crippen LogP contribution in [0.5, 0.6) is 5.75 Å². The number of pyridine rings is 1. The number of hydrogen-bond donors (Lipinski definition) is 1. The van der Waals surface area contributed by atoms with Crippen LogP contribution in [0.15, 0.2) is 79.3 Å². The number of amides is 1. The van der Waals surface area contributed by atoms with E-state index in [1.165, 1.54) is 0 Å². The van der Waals surface area contributed by atoms with E-state index in [0.717, 1.165) is 34.5 Å². The van der Waals surface area contributed by atoms with Crippen LogP contribution in [0.2, 0.25) is 0 Å². The number of aromatic nitrogens is 3. The first-order valence-electron chi connectivity index (χ1n) is 10.9. The summed E-state index contributed by atoms with van der Waals surface area (Å²) in [5.74, 6) is 0.557. The molecule has 0 aliphatic rings. The van der Waals surface area contributed by atoms with Crippen LogP contribution in [-0.2, 0) is 13.1 Å². The third-order valence-corrected chi connectivity index (χ3v) is 5.12. The maximum absolute atomic E-state index is 12.5. The first-order valence-corrected chi connectivity index (χ1v) is 10.9. The second kappa shape index (κ2) is 10.7. The van der Waals surface area contributed by atoms with Crippen LogP contribution in [0, 0.1) is 0 Å². The van der Waals surface area contributed by atoms with Crippen LogP contribution >= 0.6 is 0 Å². The first kappa shape index (κ1) is 22.4. The fourth-order valence-corrected chi connectivity index (χ4v) is 3.57. The van der Waals surface area contributed by atoms with Crippen molar-refractivity contribution in [2.24, 2.45) is 0 Å². The van der Waals surface area contributed by atoms with Crippen molar-refractivity contribution in [1.82, 2.24) is 25.2 Å². The van der Waals surface area contributed by atoms with E-state index >= 15 is 0 Å². The summed E-state index contributed by atoms with van der Waals surface area (Å²) in [7, 11) is 2.04. The minimum absolute atomic E-state index is 0.193. The van der Waals surface area contributed by atoms with Crippen molar-refractivity contribution in [2.45, 2.75) is 26.1 Å². The number of nitrogens with one attached hydrogen (secondary N) is 1. The van der Waals surface area contributed by atoms with Crippen molar-refractivity contribution in [3.05, 3.63) is 96.2 Å². The van der Waals surface area contributed by atoms with E-state index in [2.05, 4.69) is 31.2 Å². The van der Waals surface area contributed by atoms with Crippen molar-refractivity contribution >= 4 is 16.8 Å². The molecule has 7 heteroatoms. The van der Waals surface area contributed by atoms with Crippen molar-refractivity contribution in [2.75, 3.05) is 13.6 Å². The van der Waals surface area contributed by atoms with Gasteiger partial charge in [-0.25, -0.2) is 4.98 Å². The Morgan fingerprint density at radius 2 is 1.94 bits per heavy atom. The number of para-hydroxylation sites is 1. The van der Waals surface area contributed by atoms with Crippen molar-refractivity contribution < 1.29 is 9.53 Å². The molecule has 2 aromatic carbocycles. The number of carbonyl (C=O) groups excluding carboxylic acids is 1. The molecule has 7 nitrogen and oxygen atoms in total. The lowest BCUT2D eigenvalue weighted by Crippen LogP contribution is -2.34. The van der Waals surface area contributed by atoms with Gasteiger partial charge >= 0.3 is 0 Å². The summed E-state index contributed by atoms with van der Waals surface area (Å²) in [6.45, 7) is 3.78. The highest BCUT2D eigenvalue weighted by molar-refractivity contribution is 5.94. The topological polar surface area (TPSA) is 80.2 Å². The number of ether oxygens (including phenoxy) is 1. The largest absolute Gasteiger partial charge is 0.489 e. The Kier molecular flexibility index (Phi) is 7.22. The van der Waals surface area contributed by atoms with Gasteiger partial charge in [-0.3, -0.25) is 19.7 Å². The number of rotatable bonds is 9. The summed E-state index contributed by atoms with van der Waals surface area (Å²) in [6.07, 6.45) is 4.96. The molecule has 1 N–H and O–H groups in total. The highest BCUT2D eigenvalue weighted by Crippen LogP contribution is 2.17. The standard InChI is InChI=1S/C26H27N5O2/c1-19(15-29-26(32)25-11-10-21-7-3-4-9-24(21)30-25)33-23-8-5-6-20(14-23)17-31(2)18-22-16-27-12-13-28-22/h3-14,16,19H,15,17-18H2,1-2H3,(H,29,32)/t19-/m1/s1. The van der Waals surface area contributed by atoms with Crippen molar-refractivity contribution in [1.29, 1.82) is 0 Å². The predicted molar refractivity (Wildman–Crippen MR) is 128 cm³/mol. The second-order valence-electron chi connectivity index (χ2n) is 8.04. The first-order chi connectivity index (χ1) is 16.1. The van der Waals surface area contributed by atoms with E-state index in [1.54, 1.807) is 24.7 Å². The van der Waals surface area contributed by atoms with Gasteiger partial charge in [0.05, 0.1) is 17.8 Å². The molecule has 0 spiro atoms. The molecule has 0 fully saturated rings. The zero-order valence-electron chi connectivity index (χ0n) is 18.8. The molecule has 2 heterocycles. The molecule has 0 bridgehead atoms. The van der Waals surface area contributed by atoms with Gasteiger partial charge in [0.25, 0.3) is 5.91 Å². The van der Waals surface area contributed by atoms with Gasteiger partial charge in [-0.05, 0) is 43.8 Å². The van der Waals surface area contributed by atoms with Crippen molar-refractivity contribution in [3.8, 4) is 5.75 Å². The van der Waals surface area contributed by atoms with Gasteiger partial charge in [-0.2, -0.15) is 0 Å². The number of hydrogen-bond acceptors (Lipinski definition) is 6. The van der Waals surface area contributed by atoms with Crippen LogP contribution in [0.4, 0.5) is 0 Å². The number of fused-ring (bicyclic) bond motifs is 1. The summed E-state index contributed by atoms with van der Waals surface area (Å²) in [6, 6.07) is 19.4. The monoisotopic (exact) mass is 441 g/mol. The lowest BCUT2D eigenvalue weighted by Gasteiger charge is -2.18. The van der Waals surface area contributed by atoms with Gasteiger partial charge in [0, 0.05) is 37.1 Å². The van der Waals surface area contributed by atoms with Gasteiger partial charge < -0.3 is 10.1 Å². The lowest BCUT2D eigenvalue weighted by molar-refractivity contribution is 0.0927. The van der Waals surface area contributed by atoms with Gasteiger partial charge in [0.1, 0.15) is 17.5 Å². The predicted octanol–water partition coefficient (Wildman–Crippen LogP) is 3.85. The molecule has 0 saturated carbocycles. The van der Waals surface area contributed by atoms with Crippen molar-refractivity contribution in [3.63, 3.8) is 0 Å². The Bertz CT molecular complexity index is 1220. The number of benzene rings is 2. The molecular formula is C26H27N5O2. The molecule has 0 radical (unpaired) electrons. The quantitative estimate of drug-likeness (QED) is 0.425. The molecule has 1 amide bonds. The zero-order chi connectivity index (χ0) is 23.0. The van der Waals surface area contributed by atoms with Crippen LogP contribution < -0.4 is 10.1 Å². The van der Waals surface area contributed by atoms with Crippen LogP contribution in [0.25, 0.3) is 10.9 Å². The van der Waals surface area contributed by atoms with Crippen LogP contribution in [0.3, 0.4) is 0 Å². The molecule has 0 aliphatic carbocycles. The molecule has 33 heavy (non-hydrogen) atoms. The Morgan fingerprint density at radius 3 is 2.79 bits per heavy atom. The van der Waals surface area contributed by atoms with E-state index in [-0.39, 0.29) is 12.0 Å². The molecular weight excluding hydrogens is 414 g/mol.